The van der Waals surface area contributed by atoms with E-state index in [1.54, 1.807) is 88.4 Å². The predicted octanol–water partition coefficient (Wildman–Crippen LogP) is -6.48. The van der Waals surface area contributed by atoms with E-state index in [1.807, 2.05) is 0 Å². The number of hydrogen-bond acceptors (Lipinski definition) is 22. The topological polar surface area (TPSA) is 742 Å². The van der Waals surface area contributed by atoms with Gasteiger partial charge in [-0.3, -0.25) is 88.1 Å². The zero-order chi connectivity index (χ0) is 90.0. The molecule has 1 saturated heterocycles. The Morgan fingerprint density at radius 2 is 0.926 bits per heavy atom. The number of aromatic amines is 1. The van der Waals surface area contributed by atoms with Crippen LogP contribution in [0.4, 0.5) is 0 Å². The van der Waals surface area contributed by atoms with Crippen LogP contribution in [0.15, 0.2) is 73.2 Å². The molecule has 13 amide bonds. The van der Waals surface area contributed by atoms with Crippen LogP contribution in [-0.2, 0) is 96.0 Å². The number of guanidine groups is 3. The first-order valence-corrected chi connectivity index (χ1v) is 39.6. The second-order valence-corrected chi connectivity index (χ2v) is 29.4. The van der Waals surface area contributed by atoms with Crippen molar-refractivity contribution in [2.24, 2.45) is 34.8 Å². The quantitative estimate of drug-likeness (QED) is 0.0142. The number of imidazole rings is 1. The van der Waals surface area contributed by atoms with Gasteiger partial charge in [0.2, 0.25) is 76.8 Å². The number of hydrogen-bond donors (Lipinski definition) is 27. The number of likely N-dealkylation sites (tertiary alicyclic amines) is 1. The Labute approximate surface area is 697 Å². The molecule has 4 rings (SSSR count). The highest BCUT2D eigenvalue weighted by Crippen LogP contribution is 2.22. The number of amides is 13. The van der Waals surface area contributed by atoms with Crippen molar-refractivity contribution in [3.8, 4) is 0 Å². The van der Waals surface area contributed by atoms with E-state index in [0.29, 0.717) is 17.7 Å². The van der Waals surface area contributed by atoms with Crippen LogP contribution in [0.2, 0.25) is 0 Å². The highest BCUT2D eigenvalue weighted by Gasteiger charge is 2.42. The third-order valence-electron chi connectivity index (χ3n) is 19.4. The third kappa shape index (κ3) is 36.3. The Morgan fingerprint density at radius 1 is 0.496 bits per heavy atom. The number of carboxylic acid groups (broad SMARTS) is 3. The maximum atomic E-state index is 14.7. The molecule has 0 unspecified atom stereocenters. The van der Waals surface area contributed by atoms with Gasteiger partial charge in [0, 0.05) is 58.1 Å². The third-order valence-corrected chi connectivity index (χ3v) is 19.4. The number of nitrogens with zero attached hydrogens (tertiary/aromatic N) is 2. The highest BCUT2D eigenvalue weighted by atomic mass is 16.4. The fourth-order valence-electron chi connectivity index (χ4n) is 12.5. The second kappa shape index (κ2) is 52.0. The van der Waals surface area contributed by atoms with Crippen LogP contribution in [0.5, 0.6) is 0 Å². The first-order valence-electron chi connectivity index (χ1n) is 39.6. The number of aromatic nitrogens is 2. The molecule has 666 valence electrons. The molecule has 45 heteroatoms. The van der Waals surface area contributed by atoms with E-state index >= 15 is 0 Å². The standard InChI is InChI=1S/C76H117N25O20/c1-6-41(4)60(71(118)97-53(73(120)121)34-44-19-11-8-12-20-44)100-68(115)52(35-45-36-84-39-89-45)96-70(117)55-24-16-32-101(55)72(119)59(40(2)3)99-61(108)42(5)90-63(110)48(22-14-30-86-75(80)81)92-66(113)50(25-27-57(104)105)94-67(114)51(26-28-58(106)107)95-69(116)54(38-102)98-65(112)49(23-15-31-87-76(82)83)93-64(111)47(21-13-29-85-74(78)79)91-56(103)37-88-62(109)46(77)33-43-17-9-7-10-18-43/h7-12,17-20,36,39-42,46-55,59-60,102H,6,13-16,21-35,37-38,77H2,1-5H3,(H,84,89)(H,88,109)(H,90,110)(H,91,103)(H,92,113)(H,93,111)(H,94,114)(H,95,116)(H,96,117)(H,97,118)(H,98,112)(H,99,108)(H,100,115)(H,104,105)(H,106,107)(H,120,121)(H4,78,79,85)(H4,80,81,86)(H4,82,83,87)/t41-,42-,46-,47-,48-,49-,50-,51-,52-,53-,54-,55-,59-,60-/m0/s1. The molecule has 31 N–H and O–H groups in total. The lowest BCUT2D eigenvalue weighted by Crippen LogP contribution is -2.61. The number of H-pyrrole nitrogens is 1. The second-order valence-electron chi connectivity index (χ2n) is 29.4. The summed E-state index contributed by atoms with van der Waals surface area (Å²) in [6.07, 6.45) is -0.511. The van der Waals surface area contributed by atoms with E-state index in [-0.39, 0.29) is 96.8 Å². The summed E-state index contributed by atoms with van der Waals surface area (Å²) in [5.41, 5.74) is 24.1. The molecule has 0 bridgehead atoms. The van der Waals surface area contributed by atoms with Gasteiger partial charge in [0.15, 0.2) is 17.9 Å². The summed E-state index contributed by atoms with van der Waals surface area (Å²) in [4.78, 5) is 228. The smallest absolute Gasteiger partial charge is 0.326 e. The van der Waals surface area contributed by atoms with Crippen molar-refractivity contribution in [1.82, 2.24) is 94.6 Å². The summed E-state index contributed by atoms with van der Waals surface area (Å²) >= 11 is 0. The fraction of sp³-hybridized carbons (Fsp3) is 0.553. The Balaban J connectivity index is 1.53. The molecule has 0 radical (unpaired) electrons. The van der Waals surface area contributed by atoms with Crippen LogP contribution < -0.4 is 103 Å². The van der Waals surface area contributed by atoms with Crippen LogP contribution >= 0.6 is 0 Å². The zero-order valence-electron chi connectivity index (χ0n) is 68.2. The number of carbonyl (C=O) groups is 16. The van der Waals surface area contributed by atoms with Gasteiger partial charge in [0.25, 0.3) is 0 Å². The van der Waals surface area contributed by atoms with E-state index in [4.69, 9.17) is 39.2 Å². The minimum absolute atomic E-state index is 0.00566. The molecule has 0 saturated carbocycles. The van der Waals surface area contributed by atoms with Crippen LogP contribution in [0.1, 0.15) is 135 Å². The average Bonchev–Trinajstić information content (AvgIpc) is 1.72. The number of aliphatic hydroxyl groups is 1. The lowest BCUT2D eigenvalue weighted by Gasteiger charge is -2.32. The van der Waals surface area contributed by atoms with Gasteiger partial charge in [-0.1, -0.05) is 94.8 Å². The van der Waals surface area contributed by atoms with Crippen molar-refractivity contribution < 1.29 is 97.1 Å². The Kier molecular flexibility index (Phi) is 43.1. The molecule has 121 heavy (non-hydrogen) atoms. The lowest BCUT2D eigenvalue weighted by molar-refractivity contribution is -0.143. The van der Waals surface area contributed by atoms with Gasteiger partial charge in [-0.15, -0.1) is 0 Å². The molecular formula is C76H117N25O20. The maximum absolute atomic E-state index is 14.7. The summed E-state index contributed by atoms with van der Waals surface area (Å²) in [5.74, 6) is -19.7. The van der Waals surface area contributed by atoms with Gasteiger partial charge in [-0.05, 0) is 101 Å². The molecule has 45 nitrogen and oxygen atoms in total. The largest absolute Gasteiger partial charge is 0.481 e. The minimum atomic E-state index is -2.01. The molecule has 2 aromatic carbocycles. The number of rotatable bonds is 54. The average molecular weight is 1700 g/mol. The molecular weight excluding hydrogens is 1580 g/mol. The Bertz CT molecular complexity index is 4030. The minimum Gasteiger partial charge on any atom is -0.481 e. The van der Waals surface area contributed by atoms with Gasteiger partial charge in [-0.2, -0.15) is 0 Å². The number of aliphatic carboxylic acids is 3. The Morgan fingerprint density at radius 3 is 1.36 bits per heavy atom. The first kappa shape index (κ1) is 100. The van der Waals surface area contributed by atoms with E-state index in [1.165, 1.54) is 24.3 Å². The van der Waals surface area contributed by atoms with Crippen molar-refractivity contribution in [3.05, 3.63) is 90.0 Å². The summed E-state index contributed by atoms with van der Waals surface area (Å²) in [7, 11) is 0. The molecule has 0 spiro atoms. The zero-order valence-corrected chi connectivity index (χ0v) is 68.2. The molecule has 0 aliphatic carbocycles. The van der Waals surface area contributed by atoms with E-state index < -0.39 is 242 Å². The normalized spacial score (nSPS) is 15.5. The molecule has 14 atom stereocenters. The molecule has 2 heterocycles. The highest BCUT2D eigenvalue weighted by molar-refractivity contribution is 6.00. The van der Waals surface area contributed by atoms with Gasteiger partial charge in [0.1, 0.15) is 72.5 Å². The number of carboxylic acids is 3. The van der Waals surface area contributed by atoms with Crippen LogP contribution in [0, 0.1) is 28.1 Å². The van der Waals surface area contributed by atoms with E-state index in [2.05, 4.69) is 89.7 Å². The summed E-state index contributed by atoms with van der Waals surface area (Å²) < 4.78 is 0. The first-order chi connectivity index (χ1) is 57.3. The summed E-state index contributed by atoms with van der Waals surface area (Å²) in [6.45, 7) is 5.87. The van der Waals surface area contributed by atoms with Crippen molar-refractivity contribution >= 4 is 113 Å². The molecule has 3 aromatic rings. The number of nitrogens with one attached hydrogen (secondary N) is 19. The SMILES string of the molecule is CC[C@H](C)[C@H](NC(=O)[C@H](Cc1c[nH]cn1)NC(=O)[C@@H]1CCCN1C(=O)[C@@H](NC(=O)[C@H](C)NC(=O)[C@H](CCCNC(=N)N)NC(=O)[C@H](CCC(=O)O)NC(=O)[C@H](CCC(=O)O)NC(=O)[C@H](CO)NC(=O)[C@H](CCCNC(=N)N)NC(=O)[C@H](CCCNC(=N)N)NC(=O)CNC(=O)[C@@H](N)Cc1ccccc1)C(C)C)C(=O)N[C@@H](Cc1ccccc1)C(=O)O. The predicted molar refractivity (Wildman–Crippen MR) is 435 cm³/mol. The van der Waals surface area contributed by atoms with Crippen molar-refractivity contribution in [3.63, 3.8) is 0 Å². The monoisotopic (exact) mass is 1700 g/mol. The van der Waals surface area contributed by atoms with Crippen molar-refractivity contribution in [2.45, 2.75) is 216 Å². The number of benzene rings is 2. The summed E-state index contributed by atoms with van der Waals surface area (Å²) in [5, 5.41) is 100. The van der Waals surface area contributed by atoms with Crippen LogP contribution in [0.3, 0.4) is 0 Å². The Hall–Kier alpha value is -13.1. The maximum Gasteiger partial charge on any atom is 0.326 e. The number of carbonyl (C=O) groups excluding carboxylic acids is 13. The molecule has 1 aliphatic rings. The van der Waals surface area contributed by atoms with Gasteiger partial charge >= 0.3 is 17.9 Å². The van der Waals surface area contributed by atoms with Crippen LogP contribution in [-0.4, -0.2) is 266 Å². The van der Waals surface area contributed by atoms with Gasteiger partial charge < -0.3 is 133 Å². The van der Waals surface area contributed by atoms with Crippen molar-refractivity contribution in [2.75, 3.05) is 39.3 Å². The fourth-order valence-corrected chi connectivity index (χ4v) is 12.5. The summed E-state index contributed by atoms with van der Waals surface area (Å²) in [6, 6.07) is -2.57. The van der Waals surface area contributed by atoms with Crippen molar-refractivity contribution in [1.29, 1.82) is 16.2 Å². The molecule has 1 fully saturated rings. The lowest BCUT2D eigenvalue weighted by atomic mass is 9.96. The number of aliphatic hydroxyl groups excluding tert-OH is 1. The van der Waals surface area contributed by atoms with Gasteiger partial charge in [0.05, 0.1) is 31.2 Å². The molecule has 1 aromatic heterocycles. The number of nitrogens with two attached hydrogens (primary N) is 4. The molecule has 1 aliphatic heterocycles. The van der Waals surface area contributed by atoms with Gasteiger partial charge in [-0.25, -0.2) is 9.78 Å². The van der Waals surface area contributed by atoms with E-state index in [0.717, 1.165) is 5.56 Å². The van der Waals surface area contributed by atoms with Crippen LogP contribution in [0.25, 0.3) is 0 Å². The van der Waals surface area contributed by atoms with E-state index in [9.17, 15) is 97.1 Å².